The van der Waals surface area contributed by atoms with Crippen LogP contribution in [-0.2, 0) is 4.74 Å². The van der Waals surface area contributed by atoms with Gasteiger partial charge in [-0.3, -0.25) is 4.98 Å². The quantitative estimate of drug-likeness (QED) is 0.646. The molecule has 1 aliphatic rings. The number of aliphatic hydroxyl groups excluding tert-OH is 1. The highest BCUT2D eigenvalue weighted by atomic mass is 35.5. The number of nitrogens with zero attached hydrogens (tertiary/aromatic N) is 1. The van der Waals surface area contributed by atoms with Crippen LogP contribution in [0.4, 0.5) is 0 Å². The standard InChI is InChI=1S/C23H20ClNO2/c1-14-8-9-19(15(2)11-14)23-20(21(26)17-6-4-10-25-13-17)22(27-23)16-5-3-7-18(24)12-16/h3-13,21,23,26H,1-2H3. The zero-order chi connectivity index (χ0) is 19.0. The van der Waals surface area contributed by atoms with Crippen molar-refractivity contribution in [2.75, 3.05) is 0 Å². The zero-order valence-electron chi connectivity index (χ0n) is 15.2. The fourth-order valence-corrected chi connectivity index (χ4v) is 3.70. The largest absolute Gasteiger partial charge is 0.480 e. The number of halogens is 1. The summed E-state index contributed by atoms with van der Waals surface area (Å²) in [5.41, 5.74) is 5.83. The van der Waals surface area contributed by atoms with Crippen molar-refractivity contribution in [3.8, 4) is 0 Å². The van der Waals surface area contributed by atoms with E-state index in [2.05, 4.69) is 37.0 Å². The van der Waals surface area contributed by atoms with Gasteiger partial charge >= 0.3 is 0 Å². The molecule has 1 aromatic heterocycles. The Morgan fingerprint density at radius 2 is 1.93 bits per heavy atom. The number of aliphatic hydroxyl groups is 1. The van der Waals surface area contributed by atoms with Gasteiger partial charge in [-0.25, -0.2) is 0 Å². The van der Waals surface area contributed by atoms with Crippen molar-refractivity contribution in [2.45, 2.75) is 26.1 Å². The Labute approximate surface area is 163 Å². The van der Waals surface area contributed by atoms with Crippen molar-refractivity contribution in [3.05, 3.63) is 105 Å². The maximum Gasteiger partial charge on any atom is 0.152 e. The molecule has 136 valence electrons. The van der Waals surface area contributed by atoms with Crippen LogP contribution in [-0.4, -0.2) is 10.1 Å². The highest BCUT2D eigenvalue weighted by Gasteiger charge is 2.39. The van der Waals surface area contributed by atoms with Gasteiger partial charge in [-0.2, -0.15) is 0 Å². The number of benzene rings is 2. The summed E-state index contributed by atoms with van der Waals surface area (Å²) in [5.74, 6) is 0.679. The van der Waals surface area contributed by atoms with E-state index >= 15 is 0 Å². The molecular weight excluding hydrogens is 358 g/mol. The fraction of sp³-hybridized carbons (Fsp3) is 0.174. The molecule has 0 amide bonds. The van der Waals surface area contributed by atoms with Crippen LogP contribution in [0, 0.1) is 13.8 Å². The van der Waals surface area contributed by atoms with Gasteiger partial charge in [0.05, 0.1) is 5.57 Å². The number of pyridine rings is 1. The number of aryl methyl sites for hydroxylation is 2. The molecule has 3 aromatic rings. The van der Waals surface area contributed by atoms with Gasteiger partial charge < -0.3 is 9.84 Å². The minimum absolute atomic E-state index is 0.296. The van der Waals surface area contributed by atoms with E-state index in [4.69, 9.17) is 16.3 Å². The third kappa shape index (κ3) is 3.36. The van der Waals surface area contributed by atoms with Gasteiger partial charge in [-0.1, -0.05) is 53.6 Å². The Morgan fingerprint density at radius 3 is 2.63 bits per heavy atom. The normalized spacial score (nSPS) is 17.3. The smallest absolute Gasteiger partial charge is 0.152 e. The first kappa shape index (κ1) is 17.8. The summed E-state index contributed by atoms with van der Waals surface area (Å²) in [5, 5.41) is 11.7. The minimum Gasteiger partial charge on any atom is -0.480 e. The highest BCUT2D eigenvalue weighted by molar-refractivity contribution is 6.30. The Bertz CT molecular complexity index is 1010. The van der Waals surface area contributed by atoms with Crippen molar-refractivity contribution in [1.82, 2.24) is 4.98 Å². The second-order valence-corrected chi connectivity index (χ2v) is 7.28. The number of hydrogen-bond acceptors (Lipinski definition) is 3. The highest BCUT2D eigenvalue weighted by Crippen LogP contribution is 2.50. The lowest BCUT2D eigenvalue weighted by atomic mass is 9.85. The molecule has 0 saturated heterocycles. The lowest BCUT2D eigenvalue weighted by Gasteiger charge is -2.38. The summed E-state index contributed by atoms with van der Waals surface area (Å²) in [7, 11) is 0. The monoisotopic (exact) mass is 377 g/mol. The molecule has 0 bridgehead atoms. The van der Waals surface area contributed by atoms with Crippen LogP contribution in [0.5, 0.6) is 0 Å². The molecule has 27 heavy (non-hydrogen) atoms. The van der Waals surface area contributed by atoms with Crippen molar-refractivity contribution in [2.24, 2.45) is 0 Å². The van der Waals surface area contributed by atoms with Crippen LogP contribution in [0.25, 0.3) is 5.76 Å². The summed E-state index contributed by atoms with van der Waals surface area (Å²) in [4.78, 5) is 4.14. The van der Waals surface area contributed by atoms with E-state index in [1.54, 1.807) is 12.4 Å². The van der Waals surface area contributed by atoms with E-state index < -0.39 is 6.10 Å². The van der Waals surface area contributed by atoms with Gasteiger partial charge in [0.15, 0.2) is 6.10 Å². The van der Waals surface area contributed by atoms with Gasteiger partial charge in [0.25, 0.3) is 0 Å². The Hall–Kier alpha value is -2.62. The Morgan fingerprint density at radius 1 is 1.07 bits per heavy atom. The van der Waals surface area contributed by atoms with Gasteiger partial charge in [0.2, 0.25) is 0 Å². The zero-order valence-corrected chi connectivity index (χ0v) is 15.9. The van der Waals surface area contributed by atoms with E-state index in [1.165, 1.54) is 5.56 Å². The maximum atomic E-state index is 11.1. The van der Waals surface area contributed by atoms with E-state index in [0.29, 0.717) is 10.8 Å². The van der Waals surface area contributed by atoms with Crippen LogP contribution < -0.4 is 0 Å². The average molecular weight is 378 g/mol. The average Bonchev–Trinajstić information content (AvgIpc) is 2.63. The van der Waals surface area contributed by atoms with Crippen molar-refractivity contribution in [3.63, 3.8) is 0 Å². The number of hydrogen-bond donors (Lipinski definition) is 1. The molecule has 2 atom stereocenters. The number of aromatic nitrogens is 1. The Kier molecular flexibility index (Phi) is 4.73. The fourth-order valence-electron chi connectivity index (χ4n) is 3.51. The van der Waals surface area contributed by atoms with Crippen LogP contribution >= 0.6 is 11.6 Å². The summed E-state index contributed by atoms with van der Waals surface area (Å²) < 4.78 is 6.18. The molecule has 0 fully saturated rings. The van der Waals surface area contributed by atoms with Gasteiger partial charge in [0, 0.05) is 28.5 Å². The second-order valence-electron chi connectivity index (χ2n) is 6.84. The van der Waals surface area contributed by atoms with E-state index in [-0.39, 0.29) is 6.10 Å². The van der Waals surface area contributed by atoms with E-state index in [9.17, 15) is 5.11 Å². The van der Waals surface area contributed by atoms with E-state index in [1.807, 2.05) is 36.4 Å². The summed E-state index contributed by atoms with van der Waals surface area (Å²) in [6.45, 7) is 4.13. The molecule has 1 aliphatic heterocycles. The second kappa shape index (κ2) is 7.18. The van der Waals surface area contributed by atoms with Crippen LogP contribution in [0.15, 0.2) is 72.6 Å². The van der Waals surface area contributed by atoms with Gasteiger partial charge in [0.1, 0.15) is 11.9 Å². The number of rotatable bonds is 4. The molecule has 3 nitrogen and oxygen atoms in total. The first-order valence-corrected chi connectivity index (χ1v) is 9.24. The third-order valence-corrected chi connectivity index (χ3v) is 5.10. The molecule has 1 N–H and O–H groups in total. The minimum atomic E-state index is -0.799. The lowest BCUT2D eigenvalue weighted by Crippen LogP contribution is -2.25. The molecule has 0 saturated carbocycles. The molecule has 2 aromatic carbocycles. The van der Waals surface area contributed by atoms with Crippen molar-refractivity contribution < 1.29 is 9.84 Å². The molecule has 4 rings (SSSR count). The molecule has 4 heteroatoms. The molecule has 2 heterocycles. The predicted molar refractivity (Wildman–Crippen MR) is 107 cm³/mol. The predicted octanol–water partition coefficient (Wildman–Crippen LogP) is 5.57. The first-order valence-electron chi connectivity index (χ1n) is 8.86. The molecular formula is C23H20ClNO2. The van der Waals surface area contributed by atoms with Crippen LogP contribution in [0.2, 0.25) is 5.02 Å². The number of ether oxygens (including phenoxy) is 1. The molecule has 2 unspecified atom stereocenters. The maximum absolute atomic E-state index is 11.1. The lowest BCUT2D eigenvalue weighted by molar-refractivity contribution is 0.0935. The SMILES string of the molecule is Cc1ccc(C2OC(c3cccc(Cl)c3)=C2C(O)c2cccnc2)c(C)c1. The van der Waals surface area contributed by atoms with Gasteiger partial charge in [-0.15, -0.1) is 0 Å². The summed E-state index contributed by atoms with van der Waals surface area (Å²) >= 11 is 6.16. The summed E-state index contributed by atoms with van der Waals surface area (Å²) in [6, 6.07) is 17.5. The van der Waals surface area contributed by atoms with Crippen molar-refractivity contribution >= 4 is 17.4 Å². The van der Waals surface area contributed by atoms with Crippen LogP contribution in [0.3, 0.4) is 0 Å². The molecule has 0 radical (unpaired) electrons. The van der Waals surface area contributed by atoms with Crippen molar-refractivity contribution in [1.29, 1.82) is 0 Å². The molecule has 0 aliphatic carbocycles. The summed E-state index contributed by atoms with van der Waals surface area (Å²) in [6.07, 6.45) is 2.29. The molecule has 0 spiro atoms. The van der Waals surface area contributed by atoms with Gasteiger partial charge in [-0.05, 0) is 43.2 Å². The van der Waals surface area contributed by atoms with E-state index in [0.717, 1.165) is 27.8 Å². The topological polar surface area (TPSA) is 42.4 Å². The third-order valence-electron chi connectivity index (χ3n) is 4.87. The Balaban J connectivity index is 1.82. The first-order chi connectivity index (χ1) is 13.0. The van der Waals surface area contributed by atoms with Crippen LogP contribution in [0.1, 0.15) is 40.0 Å².